The molecule has 6 rings (SSSR count). The Morgan fingerprint density at radius 2 is 1.72 bits per heavy atom. The van der Waals surface area contributed by atoms with Crippen LogP contribution in [0.1, 0.15) is 29.5 Å². The molecule has 1 amide bonds. The molecule has 0 radical (unpaired) electrons. The molecule has 0 aromatic heterocycles. The second-order valence-corrected chi connectivity index (χ2v) is 9.10. The molecular formula is C31H24N2O3. The van der Waals surface area contributed by atoms with Crippen molar-refractivity contribution in [3.05, 3.63) is 113 Å². The van der Waals surface area contributed by atoms with Gasteiger partial charge in [-0.1, -0.05) is 60.5 Å². The van der Waals surface area contributed by atoms with Gasteiger partial charge in [0.05, 0.1) is 23.8 Å². The van der Waals surface area contributed by atoms with E-state index in [2.05, 4.69) is 22.8 Å². The molecule has 176 valence electrons. The first-order chi connectivity index (χ1) is 17.7. The van der Waals surface area contributed by atoms with Crippen LogP contribution in [0.15, 0.2) is 96.8 Å². The first-order valence-electron chi connectivity index (χ1n) is 12.1. The SMILES string of the molecule is O=C(C#Cc1ccccc1)O/C=C1\C=C2C(=O)N(Cc3ccccc3)c3cccc(c32)N2CCC[C@@H]12. The third kappa shape index (κ3) is 3.97. The molecule has 0 bridgehead atoms. The Morgan fingerprint density at radius 3 is 2.53 bits per heavy atom. The summed E-state index contributed by atoms with van der Waals surface area (Å²) in [5, 5.41) is 0. The van der Waals surface area contributed by atoms with Crippen LogP contribution in [-0.2, 0) is 20.9 Å². The van der Waals surface area contributed by atoms with Gasteiger partial charge in [-0.3, -0.25) is 4.79 Å². The Morgan fingerprint density at radius 1 is 0.972 bits per heavy atom. The first-order valence-corrected chi connectivity index (χ1v) is 12.1. The minimum atomic E-state index is -0.625. The van der Waals surface area contributed by atoms with Crippen molar-refractivity contribution in [2.45, 2.75) is 25.4 Å². The van der Waals surface area contributed by atoms with Crippen molar-refractivity contribution < 1.29 is 14.3 Å². The molecule has 3 aliphatic heterocycles. The predicted octanol–water partition coefficient (Wildman–Crippen LogP) is 5.08. The predicted molar refractivity (Wildman–Crippen MR) is 140 cm³/mol. The highest BCUT2D eigenvalue weighted by molar-refractivity contribution is 6.34. The molecule has 3 heterocycles. The zero-order valence-corrected chi connectivity index (χ0v) is 19.7. The zero-order chi connectivity index (χ0) is 24.5. The van der Waals surface area contributed by atoms with Crippen LogP contribution in [0.4, 0.5) is 11.4 Å². The number of carbonyl (C=O) groups is 2. The van der Waals surface area contributed by atoms with Crippen LogP contribution in [0, 0.1) is 11.8 Å². The highest BCUT2D eigenvalue weighted by Gasteiger charge is 2.41. The fourth-order valence-electron chi connectivity index (χ4n) is 5.26. The van der Waals surface area contributed by atoms with Crippen LogP contribution in [0.3, 0.4) is 0 Å². The smallest absolute Gasteiger partial charge is 0.389 e. The summed E-state index contributed by atoms with van der Waals surface area (Å²) < 4.78 is 5.46. The highest BCUT2D eigenvalue weighted by atomic mass is 16.5. The molecule has 5 heteroatoms. The number of hydrogen-bond donors (Lipinski definition) is 0. The monoisotopic (exact) mass is 472 g/mol. The van der Waals surface area contributed by atoms with Gasteiger partial charge in [-0.15, -0.1) is 0 Å². The maximum absolute atomic E-state index is 13.7. The van der Waals surface area contributed by atoms with Crippen molar-refractivity contribution in [1.82, 2.24) is 0 Å². The summed E-state index contributed by atoms with van der Waals surface area (Å²) in [5.41, 5.74) is 6.22. The molecular weight excluding hydrogens is 448 g/mol. The molecule has 0 unspecified atom stereocenters. The van der Waals surface area contributed by atoms with Gasteiger partial charge in [0, 0.05) is 34.9 Å². The fourth-order valence-corrected chi connectivity index (χ4v) is 5.26. The number of anilines is 2. The Bertz CT molecular complexity index is 1460. The van der Waals surface area contributed by atoms with Crippen LogP contribution < -0.4 is 9.80 Å². The Kier molecular flexibility index (Phi) is 5.63. The van der Waals surface area contributed by atoms with Gasteiger partial charge in [-0.2, -0.15) is 0 Å². The van der Waals surface area contributed by atoms with Crippen molar-refractivity contribution >= 4 is 28.8 Å². The zero-order valence-electron chi connectivity index (χ0n) is 19.7. The number of carbonyl (C=O) groups excluding carboxylic acids is 2. The molecule has 3 aromatic rings. The van der Waals surface area contributed by atoms with Crippen molar-refractivity contribution in [1.29, 1.82) is 0 Å². The molecule has 0 aliphatic carbocycles. The average Bonchev–Trinajstić information content (AvgIpc) is 3.46. The average molecular weight is 473 g/mol. The number of amides is 1. The van der Waals surface area contributed by atoms with E-state index in [-0.39, 0.29) is 11.9 Å². The van der Waals surface area contributed by atoms with Crippen molar-refractivity contribution in [3.63, 3.8) is 0 Å². The van der Waals surface area contributed by atoms with E-state index in [0.717, 1.165) is 53.0 Å². The summed E-state index contributed by atoms with van der Waals surface area (Å²) in [6, 6.07) is 25.5. The second kappa shape index (κ2) is 9.24. The van der Waals surface area contributed by atoms with Gasteiger partial charge in [-0.25, -0.2) is 4.79 Å². The molecule has 0 saturated carbocycles. The number of hydrogen-bond acceptors (Lipinski definition) is 4. The van der Waals surface area contributed by atoms with Crippen LogP contribution in [0.25, 0.3) is 5.57 Å². The van der Waals surface area contributed by atoms with Crippen LogP contribution >= 0.6 is 0 Å². The van der Waals surface area contributed by atoms with Gasteiger partial charge in [0.15, 0.2) is 0 Å². The lowest BCUT2D eigenvalue weighted by Gasteiger charge is -2.28. The largest absolute Gasteiger partial charge is 0.425 e. The van der Waals surface area contributed by atoms with E-state index < -0.39 is 5.97 Å². The van der Waals surface area contributed by atoms with E-state index in [4.69, 9.17) is 4.74 Å². The number of esters is 1. The Labute approximate surface area is 210 Å². The van der Waals surface area contributed by atoms with Gasteiger partial charge in [0.25, 0.3) is 5.91 Å². The molecule has 1 saturated heterocycles. The standard InChI is InChI=1S/C31H24N2O3/c34-29(17-16-22-9-3-1-4-10-22)36-21-24-19-25-30-27(32-18-8-15-26(24)32)13-7-14-28(30)33(31(25)35)20-23-11-5-2-6-12-23/h1-7,9-14,19,21,26H,8,15,18,20H2/b24-21+/t26-/m0/s1. The summed E-state index contributed by atoms with van der Waals surface area (Å²) >= 11 is 0. The molecule has 5 nitrogen and oxygen atoms in total. The maximum Gasteiger partial charge on any atom is 0.389 e. The van der Waals surface area contributed by atoms with Crippen molar-refractivity contribution in [3.8, 4) is 11.8 Å². The lowest BCUT2D eigenvalue weighted by Crippen LogP contribution is -2.30. The van der Waals surface area contributed by atoms with Gasteiger partial charge in [0.2, 0.25) is 0 Å². The second-order valence-electron chi connectivity index (χ2n) is 9.10. The number of rotatable bonds is 3. The number of ether oxygens (including phenoxy) is 1. The van der Waals surface area contributed by atoms with E-state index in [1.165, 1.54) is 6.26 Å². The fraction of sp³-hybridized carbons (Fsp3) is 0.161. The topological polar surface area (TPSA) is 49.9 Å². The quantitative estimate of drug-likeness (QED) is 0.303. The minimum absolute atomic E-state index is 0.0384. The minimum Gasteiger partial charge on any atom is -0.425 e. The molecule has 1 atom stereocenters. The third-order valence-corrected chi connectivity index (χ3v) is 6.88. The summed E-state index contributed by atoms with van der Waals surface area (Å²) in [4.78, 5) is 30.2. The number of benzene rings is 3. The van der Waals surface area contributed by atoms with Gasteiger partial charge >= 0.3 is 5.97 Å². The summed E-state index contributed by atoms with van der Waals surface area (Å²) in [6.07, 6.45) is 5.34. The molecule has 36 heavy (non-hydrogen) atoms. The first kappa shape index (κ1) is 21.9. The van der Waals surface area contributed by atoms with Crippen LogP contribution in [0.5, 0.6) is 0 Å². The summed E-state index contributed by atoms with van der Waals surface area (Å²) in [6.45, 7) is 1.38. The van der Waals surface area contributed by atoms with Crippen molar-refractivity contribution in [2.24, 2.45) is 0 Å². The molecule has 1 fully saturated rings. The highest BCUT2D eigenvalue weighted by Crippen LogP contribution is 2.48. The molecule has 3 aliphatic rings. The summed E-state index contributed by atoms with van der Waals surface area (Å²) in [7, 11) is 0. The lowest BCUT2D eigenvalue weighted by atomic mass is 10.0. The van der Waals surface area contributed by atoms with Crippen LogP contribution in [-0.4, -0.2) is 24.5 Å². The Hall–Kier alpha value is -4.56. The molecule has 3 aromatic carbocycles. The Balaban J connectivity index is 1.35. The molecule has 0 spiro atoms. The maximum atomic E-state index is 13.7. The van der Waals surface area contributed by atoms with Gasteiger partial charge in [0.1, 0.15) is 6.26 Å². The van der Waals surface area contributed by atoms with E-state index in [9.17, 15) is 9.59 Å². The lowest BCUT2D eigenvalue weighted by molar-refractivity contribution is -0.131. The van der Waals surface area contributed by atoms with E-state index in [1.807, 2.05) is 83.8 Å². The number of nitrogens with zero attached hydrogens (tertiary/aromatic N) is 2. The van der Waals surface area contributed by atoms with Gasteiger partial charge in [-0.05, 0) is 48.7 Å². The third-order valence-electron chi connectivity index (χ3n) is 6.88. The van der Waals surface area contributed by atoms with E-state index in [1.54, 1.807) is 0 Å². The van der Waals surface area contributed by atoms with Gasteiger partial charge < -0.3 is 14.5 Å². The van der Waals surface area contributed by atoms with Crippen LogP contribution in [0.2, 0.25) is 0 Å². The normalized spacial score (nSPS) is 18.7. The number of fused-ring (bicyclic) bond motifs is 2. The van der Waals surface area contributed by atoms with Crippen molar-refractivity contribution in [2.75, 3.05) is 16.3 Å². The summed E-state index contributed by atoms with van der Waals surface area (Å²) in [5.74, 6) is 4.71. The van der Waals surface area contributed by atoms with E-state index >= 15 is 0 Å². The molecule has 0 N–H and O–H groups in total. The van der Waals surface area contributed by atoms with E-state index in [0.29, 0.717) is 12.1 Å².